The van der Waals surface area contributed by atoms with Gasteiger partial charge in [-0.1, -0.05) is 0 Å². The van der Waals surface area contributed by atoms with Crippen LogP contribution in [-0.2, 0) is 0 Å². The zero-order valence-electron chi connectivity index (χ0n) is 5.89. The number of hydrogen-bond acceptors (Lipinski definition) is 6. The monoisotopic (exact) mass is 164 g/mol. The quantitative estimate of drug-likeness (QED) is 0.562. The van der Waals surface area contributed by atoms with E-state index < -0.39 is 0 Å². The van der Waals surface area contributed by atoms with Crippen molar-refractivity contribution < 1.29 is 0 Å². The van der Waals surface area contributed by atoms with Gasteiger partial charge in [-0.2, -0.15) is 0 Å². The van der Waals surface area contributed by atoms with E-state index in [1.807, 2.05) is 0 Å². The van der Waals surface area contributed by atoms with E-state index in [2.05, 4.69) is 31.1 Å². The summed E-state index contributed by atoms with van der Waals surface area (Å²) in [5.41, 5.74) is 0. The van der Waals surface area contributed by atoms with E-state index in [0.717, 1.165) is 0 Å². The second-order valence-electron chi connectivity index (χ2n) is 1.83. The Morgan fingerprint density at radius 3 is 1.67 bits per heavy atom. The SMILES string of the molecule is c1cn(N=Nn2ccnn2)nn1. The summed E-state index contributed by atoms with van der Waals surface area (Å²) in [7, 11) is 0. The van der Waals surface area contributed by atoms with Crippen LogP contribution >= 0.6 is 0 Å². The van der Waals surface area contributed by atoms with Gasteiger partial charge in [0.2, 0.25) is 0 Å². The lowest BCUT2D eigenvalue weighted by Gasteiger charge is -1.85. The highest BCUT2D eigenvalue weighted by Crippen LogP contribution is 1.83. The Hall–Kier alpha value is -2.12. The van der Waals surface area contributed by atoms with Gasteiger partial charge in [0.15, 0.2) is 0 Å². The molecule has 2 rings (SSSR count). The van der Waals surface area contributed by atoms with Crippen LogP contribution in [0.1, 0.15) is 0 Å². The molecule has 60 valence electrons. The van der Waals surface area contributed by atoms with Crippen molar-refractivity contribution in [2.24, 2.45) is 10.4 Å². The zero-order chi connectivity index (χ0) is 8.23. The molecule has 2 aromatic heterocycles. The number of rotatable bonds is 2. The molecule has 0 amide bonds. The second kappa shape index (κ2) is 2.86. The van der Waals surface area contributed by atoms with Gasteiger partial charge in [-0.05, 0) is 20.9 Å². The second-order valence-corrected chi connectivity index (χ2v) is 1.83. The first kappa shape index (κ1) is 6.58. The zero-order valence-corrected chi connectivity index (χ0v) is 5.89. The predicted molar refractivity (Wildman–Crippen MR) is 35.7 cm³/mol. The van der Waals surface area contributed by atoms with Crippen LogP contribution in [0.15, 0.2) is 35.2 Å². The molecule has 0 aromatic carbocycles. The Labute approximate surface area is 66.5 Å². The number of hydrogen-bond donors (Lipinski definition) is 0. The maximum Gasteiger partial charge on any atom is 0.0733 e. The summed E-state index contributed by atoms with van der Waals surface area (Å²) in [6.45, 7) is 0. The standard InChI is InChI=1S/C4H4N8/c1-3-11(7-5-1)9-10-12-4-2-6-8-12/h1-4H. The third-order valence-corrected chi connectivity index (χ3v) is 1.04. The third-order valence-electron chi connectivity index (χ3n) is 1.04. The van der Waals surface area contributed by atoms with Crippen LogP contribution in [0.5, 0.6) is 0 Å². The molecule has 12 heavy (non-hydrogen) atoms. The minimum absolute atomic E-state index is 1.21. The summed E-state index contributed by atoms with van der Waals surface area (Å²) in [5, 5.41) is 21.5. The van der Waals surface area contributed by atoms with Crippen molar-refractivity contribution in [2.75, 3.05) is 0 Å². The Morgan fingerprint density at radius 2 is 1.33 bits per heavy atom. The van der Waals surface area contributed by atoms with Crippen molar-refractivity contribution in [1.82, 2.24) is 30.2 Å². The molecule has 0 aliphatic carbocycles. The van der Waals surface area contributed by atoms with E-state index in [1.54, 1.807) is 12.4 Å². The van der Waals surface area contributed by atoms with Crippen molar-refractivity contribution in [1.29, 1.82) is 0 Å². The predicted octanol–water partition coefficient (Wildman–Crippen LogP) is -0.452. The number of aromatic nitrogens is 6. The van der Waals surface area contributed by atoms with Gasteiger partial charge in [0.25, 0.3) is 0 Å². The molecule has 0 bridgehead atoms. The molecule has 0 aliphatic heterocycles. The smallest absolute Gasteiger partial charge is 0.0733 e. The first-order chi connectivity index (χ1) is 5.95. The van der Waals surface area contributed by atoms with Gasteiger partial charge in [0.1, 0.15) is 0 Å². The minimum Gasteiger partial charge on any atom is -0.137 e. The maximum atomic E-state index is 3.64. The fraction of sp³-hybridized carbons (Fsp3) is 0. The molecule has 0 radical (unpaired) electrons. The Morgan fingerprint density at radius 1 is 0.833 bits per heavy atom. The first-order valence-corrected chi connectivity index (χ1v) is 3.10. The molecule has 0 spiro atoms. The van der Waals surface area contributed by atoms with Crippen LogP contribution < -0.4 is 0 Å². The molecular formula is C4H4N8. The van der Waals surface area contributed by atoms with E-state index in [-0.39, 0.29) is 0 Å². The van der Waals surface area contributed by atoms with E-state index >= 15 is 0 Å². The maximum absolute atomic E-state index is 3.64. The van der Waals surface area contributed by atoms with Gasteiger partial charge < -0.3 is 0 Å². The van der Waals surface area contributed by atoms with Gasteiger partial charge in [0.05, 0.1) is 24.8 Å². The lowest BCUT2D eigenvalue weighted by Crippen LogP contribution is -1.92. The van der Waals surface area contributed by atoms with Crippen molar-refractivity contribution in [3.8, 4) is 0 Å². The Kier molecular flexibility index (Phi) is 1.57. The molecule has 8 heteroatoms. The Bertz CT molecular complexity index is 308. The van der Waals surface area contributed by atoms with Crippen LogP contribution in [0.2, 0.25) is 0 Å². The molecule has 0 fully saturated rings. The normalized spacial score (nSPS) is 11.0. The summed E-state index contributed by atoms with van der Waals surface area (Å²) in [4.78, 5) is 2.42. The van der Waals surface area contributed by atoms with Gasteiger partial charge in [-0.15, -0.1) is 19.8 Å². The molecule has 0 saturated carbocycles. The Balaban J connectivity index is 2.14. The van der Waals surface area contributed by atoms with Crippen LogP contribution in [0.3, 0.4) is 0 Å². The van der Waals surface area contributed by atoms with Gasteiger partial charge in [-0.25, -0.2) is 0 Å². The fourth-order valence-corrected chi connectivity index (χ4v) is 0.581. The molecule has 2 heterocycles. The lowest BCUT2D eigenvalue weighted by atomic mass is 11.0. The van der Waals surface area contributed by atoms with Gasteiger partial charge in [-0.3, -0.25) is 0 Å². The van der Waals surface area contributed by atoms with Crippen LogP contribution in [0, 0.1) is 0 Å². The summed E-state index contributed by atoms with van der Waals surface area (Å²) in [5.74, 6) is 0. The number of nitrogens with zero attached hydrogens (tertiary/aromatic N) is 8. The van der Waals surface area contributed by atoms with E-state index in [9.17, 15) is 0 Å². The highest BCUT2D eigenvalue weighted by molar-refractivity contribution is 4.63. The molecule has 2 aromatic rings. The molecule has 0 aliphatic rings. The van der Waals surface area contributed by atoms with Crippen molar-refractivity contribution in [2.45, 2.75) is 0 Å². The van der Waals surface area contributed by atoms with Crippen LogP contribution in [0.4, 0.5) is 0 Å². The average molecular weight is 164 g/mol. The summed E-state index contributed by atoms with van der Waals surface area (Å²) in [6.07, 6.45) is 6.11. The van der Waals surface area contributed by atoms with Crippen LogP contribution in [-0.4, -0.2) is 30.2 Å². The molecule has 0 N–H and O–H groups in total. The lowest BCUT2D eigenvalue weighted by molar-refractivity contribution is 0.562. The topological polar surface area (TPSA) is 86.1 Å². The van der Waals surface area contributed by atoms with Crippen molar-refractivity contribution in [3.63, 3.8) is 0 Å². The summed E-state index contributed by atoms with van der Waals surface area (Å²) in [6, 6.07) is 0. The third kappa shape index (κ3) is 1.31. The van der Waals surface area contributed by atoms with Crippen LogP contribution in [0.25, 0.3) is 0 Å². The molecule has 0 atom stereocenters. The fourth-order valence-electron chi connectivity index (χ4n) is 0.581. The van der Waals surface area contributed by atoms with Gasteiger partial charge >= 0.3 is 0 Å². The average Bonchev–Trinajstić information content (AvgIpc) is 2.74. The highest BCUT2D eigenvalue weighted by Gasteiger charge is 1.86. The van der Waals surface area contributed by atoms with Crippen molar-refractivity contribution >= 4 is 0 Å². The molecule has 0 saturated heterocycles. The van der Waals surface area contributed by atoms with Gasteiger partial charge in [0, 0.05) is 0 Å². The van der Waals surface area contributed by atoms with E-state index in [4.69, 9.17) is 0 Å². The highest BCUT2D eigenvalue weighted by atomic mass is 15.7. The molecule has 8 nitrogen and oxygen atoms in total. The minimum atomic E-state index is 1.21. The largest absolute Gasteiger partial charge is 0.137 e. The van der Waals surface area contributed by atoms with E-state index in [0.29, 0.717) is 0 Å². The molecule has 0 unspecified atom stereocenters. The van der Waals surface area contributed by atoms with Crippen molar-refractivity contribution in [3.05, 3.63) is 24.8 Å². The summed E-state index contributed by atoms with van der Waals surface area (Å²) < 4.78 is 0. The first-order valence-electron chi connectivity index (χ1n) is 3.10. The summed E-state index contributed by atoms with van der Waals surface area (Å²) >= 11 is 0. The van der Waals surface area contributed by atoms with E-state index in [1.165, 1.54) is 22.0 Å². The molecular weight excluding hydrogens is 160 g/mol.